The highest BCUT2D eigenvalue weighted by Crippen LogP contribution is 2.18. The molecule has 1 heterocycles. The van der Waals surface area contributed by atoms with Crippen LogP contribution in [0.25, 0.3) is 0 Å². The number of nitrogens with zero attached hydrogens (tertiary/aromatic N) is 2. The maximum Gasteiger partial charge on any atom is 0.338 e. The van der Waals surface area contributed by atoms with E-state index in [1.54, 1.807) is 0 Å². The van der Waals surface area contributed by atoms with Crippen LogP contribution in [-0.4, -0.2) is 21.0 Å². The third-order valence-electron chi connectivity index (χ3n) is 2.54. The lowest BCUT2D eigenvalue weighted by Gasteiger charge is -2.08. The second-order valence-electron chi connectivity index (χ2n) is 3.74. The van der Waals surface area contributed by atoms with E-state index in [2.05, 4.69) is 22.2 Å². The molecule has 0 aliphatic heterocycles. The number of nitrogens with one attached hydrogen (secondary N) is 1. The maximum absolute atomic E-state index is 10.7. The van der Waals surface area contributed by atoms with Crippen molar-refractivity contribution in [2.24, 2.45) is 0 Å². The zero-order valence-electron chi connectivity index (χ0n) is 9.92. The summed E-state index contributed by atoms with van der Waals surface area (Å²) in [7, 11) is 0. The summed E-state index contributed by atoms with van der Waals surface area (Å²) in [6.07, 6.45) is 3.47. The largest absolute Gasteiger partial charge is 0.478 e. The quantitative estimate of drug-likeness (QED) is 0.862. The van der Waals surface area contributed by atoms with Crippen molar-refractivity contribution in [2.75, 3.05) is 5.32 Å². The van der Waals surface area contributed by atoms with Gasteiger partial charge in [0.15, 0.2) is 0 Å². The number of aromatic carboxylic acids is 1. The fourth-order valence-electron chi connectivity index (χ4n) is 1.57. The van der Waals surface area contributed by atoms with Gasteiger partial charge in [-0.25, -0.2) is 14.8 Å². The second-order valence-corrected chi connectivity index (χ2v) is 3.74. The van der Waals surface area contributed by atoms with Crippen molar-refractivity contribution in [2.45, 2.75) is 13.3 Å². The monoisotopic (exact) mass is 243 g/mol. The van der Waals surface area contributed by atoms with Gasteiger partial charge >= 0.3 is 5.97 Å². The lowest BCUT2D eigenvalue weighted by atomic mass is 10.1. The maximum atomic E-state index is 10.7. The molecule has 0 spiro atoms. The Balaban J connectivity index is 2.21. The predicted molar refractivity (Wildman–Crippen MR) is 68.1 cm³/mol. The normalized spacial score (nSPS) is 10.1. The first-order valence-electron chi connectivity index (χ1n) is 5.61. The van der Waals surface area contributed by atoms with Gasteiger partial charge in [-0.1, -0.05) is 25.1 Å². The summed E-state index contributed by atoms with van der Waals surface area (Å²) in [6, 6.07) is 7.85. The molecule has 92 valence electrons. The highest BCUT2D eigenvalue weighted by molar-refractivity contribution is 5.86. The molecule has 5 heteroatoms. The molecule has 0 atom stereocenters. The Hall–Kier alpha value is -2.43. The number of rotatable bonds is 4. The molecule has 0 bridgehead atoms. The summed E-state index contributed by atoms with van der Waals surface area (Å²) < 4.78 is 0. The van der Waals surface area contributed by atoms with Gasteiger partial charge in [0.1, 0.15) is 0 Å². The molecule has 0 saturated heterocycles. The van der Waals surface area contributed by atoms with Crippen LogP contribution >= 0.6 is 0 Å². The Bertz CT molecular complexity index is 552. The van der Waals surface area contributed by atoms with E-state index in [0.717, 1.165) is 17.7 Å². The minimum Gasteiger partial charge on any atom is -0.478 e. The number of benzene rings is 1. The van der Waals surface area contributed by atoms with Gasteiger partial charge < -0.3 is 10.4 Å². The molecule has 0 unspecified atom stereocenters. The van der Waals surface area contributed by atoms with Gasteiger partial charge in [0.2, 0.25) is 5.95 Å². The highest BCUT2D eigenvalue weighted by atomic mass is 16.4. The second kappa shape index (κ2) is 5.27. The van der Waals surface area contributed by atoms with Crippen LogP contribution in [0.15, 0.2) is 36.7 Å². The van der Waals surface area contributed by atoms with Crippen LogP contribution in [-0.2, 0) is 6.42 Å². The van der Waals surface area contributed by atoms with E-state index in [4.69, 9.17) is 5.11 Å². The third-order valence-corrected chi connectivity index (χ3v) is 2.54. The molecule has 18 heavy (non-hydrogen) atoms. The Kier molecular flexibility index (Phi) is 3.52. The fourth-order valence-corrected chi connectivity index (χ4v) is 1.57. The van der Waals surface area contributed by atoms with Crippen LogP contribution in [0.3, 0.4) is 0 Å². The molecule has 1 aromatic carbocycles. The predicted octanol–water partition coefficient (Wildman–Crippen LogP) is 2.48. The van der Waals surface area contributed by atoms with Crippen molar-refractivity contribution in [1.82, 2.24) is 9.97 Å². The van der Waals surface area contributed by atoms with Gasteiger partial charge in [-0.3, -0.25) is 0 Å². The van der Waals surface area contributed by atoms with E-state index in [0.29, 0.717) is 5.95 Å². The topological polar surface area (TPSA) is 75.1 Å². The van der Waals surface area contributed by atoms with Crippen molar-refractivity contribution in [3.05, 3.63) is 47.8 Å². The van der Waals surface area contributed by atoms with Gasteiger partial charge in [-0.05, 0) is 18.1 Å². The number of anilines is 2. The van der Waals surface area contributed by atoms with Crippen molar-refractivity contribution in [3.8, 4) is 0 Å². The summed E-state index contributed by atoms with van der Waals surface area (Å²) in [5.41, 5.74) is 2.16. The first-order chi connectivity index (χ1) is 8.70. The van der Waals surface area contributed by atoms with Crippen molar-refractivity contribution >= 4 is 17.6 Å². The summed E-state index contributed by atoms with van der Waals surface area (Å²) in [5.74, 6) is -0.642. The summed E-state index contributed by atoms with van der Waals surface area (Å²) in [4.78, 5) is 18.6. The first-order valence-corrected chi connectivity index (χ1v) is 5.61. The van der Waals surface area contributed by atoms with E-state index in [1.165, 1.54) is 12.4 Å². The van der Waals surface area contributed by atoms with E-state index < -0.39 is 5.97 Å². The van der Waals surface area contributed by atoms with E-state index in [9.17, 15) is 4.79 Å². The summed E-state index contributed by atoms with van der Waals surface area (Å²) in [6.45, 7) is 2.06. The highest BCUT2D eigenvalue weighted by Gasteiger charge is 2.05. The average molecular weight is 243 g/mol. The Morgan fingerprint density at radius 2 is 1.94 bits per heavy atom. The zero-order chi connectivity index (χ0) is 13.0. The summed E-state index contributed by atoms with van der Waals surface area (Å²) in [5, 5.41) is 11.8. The van der Waals surface area contributed by atoms with Crippen molar-refractivity contribution < 1.29 is 9.90 Å². The van der Waals surface area contributed by atoms with Gasteiger partial charge in [-0.2, -0.15) is 0 Å². The average Bonchev–Trinajstić information content (AvgIpc) is 2.40. The molecule has 0 radical (unpaired) electrons. The minimum atomic E-state index is -1.03. The number of aryl methyl sites for hydroxylation is 1. The number of aromatic nitrogens is 2. The van der Waals surface area contributed by atoms with Crippen LogP contribution in [0.5, 0.6) is 0 Å². The molecule has 0 fully saturated rings. The van der Waals surface area contributed by atoms with Crippen LogP contribution in [0.2, 0.25) is 0 Å². The smallest absolute Gasteiger partial charge is 0.338 e. The van der Waals surface area contributed by atoms with E-state index >= 15 is 0 Å². The molecule has 5 nitrogen and oxygen atoms in total. The van der Waals surface area contributed by atoms with E-state index in [1.807, 2.05) is 24.3 Å². The SMILES string of the molecule is CCc1ccccc1Nc1ncc(C(=O)O)cn1. The number of para-hydroxylation sites is 1. The van der Waals surface area contributed by atoms with Gasteiger partial charge in [0.05, 0.1) is 5.56 Å². The van der Waals surface area contributed by atoms with Gasteiger partial charge in [-0.15, -0.1) is 0 Å². The number of carboxylic acids is 1. The van der Waals surface area contributed by atoms with Crippen molar-refractivity contribution in [3.63, 3.8) is 0 Å². The number of carboxylic acid groups (broad SMARTS) is 1. The molecule has 0 aliphatic carbocycles. The molecule has 0 saturated carbocycles. The zero-order valence-corrected chi connectivity index (χ0v) is 9.92. The Labute approximate surface area is 105 Å². The lowest BCUT2D eigenvalue weighted by molar-refractivity contribution is 0.0696. The van der Waals surface area contributed by atoms with Crippen LogP contribution in [0, 0.1) is 0 Å². The Morgan fingerprint density at radius 1 is 1.28 bits per heavy atom. The molecule has 0 amide bonds. The molecule has 2 aromatic rings. The summed E-state index contributed by atoms with van der Waals surface area (Å²) >= 11 is 0. The molecular formula is C13H13N3O2. The standard InChI is InChI=1S/C13H13N3O2/c1-2-9-5-3-4-6-11(9)16-13-14-7-10(8-15-13)12(17)18/h3-8H,2H2,1H3,(H,17,18)(H,14,15,16). The third kappa shape index (κ3) is 2.63. The molecule has 1 aromatic heterocycles. The number of hydrogen-bond acceptors (Lipinski definition) is 4. The molecule has 2 N–H and O–H groups in total. The number of carbonyl (C=O) groups is 1. The van der Waals surface area contributed by atoms with Crippen LogP contribution in [0.1, 0.15) is 22.8 Å². The Morgan fingerprint density at radius 3 is 2.56 bits per heavy atom. The van der Waals surface area contributed by atoms with Gasteiger partial charge in [0, 0.05) is 18.1 Å². The molecule has 0 aliphatic rings. The minimum absolute atomic E-state index is 0.0735. The number of hydrogen-bond donors (Lipinski definition) is 2. The van der Waals surface area contributed by atoms with Crippen LogP contribution in [0.4, 0.5) is 11.6 Å². The first kappa shape index (κ1) is 12.0. The van der Waals surface area contributed by atoms with Crippen molar-refractivity contribution in [1.29, 1.82) is 0 Å². The molecular weight excluding hydrogens is 230 g/mol. The van der Waals surface area contributed by atoms with E-state index in [-0.39, 0.29) is 5.56 Å². The lowest BCUT2D eigenvalue weighted by Crippen LogP contribution is -2.03. The van der Waals surface area contributed by atoms with Gasteiger partial charge in [0.25, 0.3) is 0 Å². The fraction of sp³-hybridized carbons (Fsp3) is 0.154. The molecule has 2 rings (SSSR count). The van der Waals surface area contributed by atoms with Crippen LogP contribution < -0.4 is 5.32 Å².